The Kier molecular flexibility index (Phi) is 5.40. The summed E-state index contributed by atoms with van der Waals surface area (Å²) < 4.78 is 0. The molecule has 3 heteroatoms. The molecule has 1 radical (unpaired) electrons. The predicted octanol–water partition coefficient (Wildman–Crippen LogP) is 3.77. The Morgan fingerprint density at radius 1 is 1.12 bits per heavy atom. The van der Waals surface area contributed by atoms with Crippen molar-refractivity contribution in [2.45, 2.75) is 39.0 Å². The normalized spacial score (nSPS) is 10.1. The summed E-state index contributed by atoms with van der Waals surface area (Å²) in [4.78, 5) is 10.3. The van der Waals surface area contributed by atoms with E-state index in [4.69, 9.17) is 0 Å². The molecule has 0 spiro atoms. The van der Waals surface area contributed by atoms with Crippen molar-refractivity contribution >= 4 is 11.8 Å². The third kappa shape index (κ3) is 4.82. The summed E-state index contributed by atoms with van der Waals surface area (Å²) in [5, 5.41) is 12.5. The Bertz CT molecular complexity index is 319. The van der Waals surface area contributed by atoms with Crippen LogP contribution in [0.3, 0.4) is 0 Å². The molecule has 1 amide bonds. The van der Waals surface area contributed by atoms with Gasteiger partial charge in [-0.15, -0.1) is 0 Å². The van der Waals surface area contributed by atoms with Gasteiger partial charge < -0.3 is 0 Å². The molecule has 16 heavy (non-hydrogen) atoms. The second kappa shape index (κ2) is 6.88. The number of aryl methyl sites for hydroxylation is 1. The Labute approximate surface area is 96.5 Å². The van der Waals surface area contributed by atoms with Crippen LogP contribution in [-0.2, 0) is 11.5 Å². The van der Waals surface area contributed by atoms with Crippen LogP contribution in [0, 0.1) is 0 Å². The highest BCUT2D eigenvalue weighted by molar-refractivity contribution is 5.82. The molecule has 0 atom stereocenters. The maximum absolute atomic E-state index is 10.3. The lowest BCUT2D eigenvalue weighted by Gasteiger charge is -2.03. The van der Waals surface area contributed by atoms with Crippen LogP contribution in [-0.4, -0.2) is 6.09 Å². The van der Waals surface area contributed by atoms with Crippen LogP contribution in [0.2, 0.25) is 0 Å². The highest BCUT2D eigenvalue weighted by Gasteiger charge is 1.99. The van der Waals surface area contributed by atoms with Crippen molar-refractivity contribution in [3.05, 3.63) is 29.8 Å². The molecule has 0 aromatic heterocycles. The van der Waals surface area contributed by atoms with Gasteiger partial charge >= 0.3 is 6.09 Å². The largest absolute Gasteiger partial charge is 0.454 e. The van der Waals surface area contributed by atoms with E-state index in [-0.39, 0.29) is 0 Å². The fourth-order valence-corrected chi connectivity index (χ4v) is 1.63. The second-order valence-electron chi connectivity index (χ2n) is 3.92. The number of carbonyl (C=O) groups is 1. The van der Waals surface area contributed by atoms with E-state index in [0.717, 1.165) is 6.42 Å². The van der Waals surface area contributed by atoms with Crippen molar-refractivity contribution in [1.82, 2.24) is 0 Å². The van der Waals surface area contributed by atoms with E-state index in [9.17, 15) is 9.90 Å². The van der Waals surface area contributed by atoms with Crippen molar-refractivity contribution in [3.63, 3.8) is 0 Å². The second-order valence-corrected chi connectivity index (χ2v) is 3.92. The van der Waals surface area contributed by atoms with Crippen molar-refractivity contribution in [2.24, 2.45) is 0 Å². The zero-order chi connectivity index (χ0) is 11.8. The molecule has 1 rings (SSSR count). The molecule has 0 bridgehead atoms. The van der Waals surface area contributed by atoms with Gasteiger partial charge in [-0.05, 0) is 30.5 Å². The molecule has 3 nitrogen and oxygen atoms in total. The summed E-state index contributed by atoms with van der Waals surface area (Å²) >= 11 is 0. The molecule has 87 valence electrons. The van der Waals surface area contributed by atoms with Gasteiger partial charge in [-0.25, -0.2) is 9.90 Å². The van der Waals surface area contributed by atoms with Crippen LogP contribution in [0.5, 0.6) is 0 Å². The average Bonchev–Trinajstić information content (AvgIpc) is 2.26. The summed E-state index contributed by atoms with van der Waals surface area (Å²) in [6.07, 6.45) is 4.77. The summed E-state index contributed by atoms with van der Waals surface area (Å²) in [7, 11) is 0. The molecule has 0 saturated heterocycles. The monoisotopic (exact) mass is 220 g/mol. The van der Waals surface area contributed by atoms with Crippen molar-refractivity contribution in [2.75, 3.05) is 5.32 Å². The van der Waals surface area contributed by atoms with Crippen molar-refractivity contribution < 1.29 is 9.90 Å². The van der Waals surface area contributed by atoms with Gasteiger partial charge in [0.2, 0.25) is 0 Å². The van der Waals surface area contributed by atoms with Crippen molar-refractivity contribution in [3.8, 4) is 0 Å². The lowest BCUT2D eigenvalue weighted by Crippen LogP contribution is -2.05. The predicted molar refractivity (Wildman–Crippen MR) is 64.0 cm³/mol. The Balaban J connectivity index is 2.36. The number of benzene rings is 1. The number of hydrogen-bond acceptors (Lipinski definition) is 1. The van der Waals surface area contributed by atoms with Gasteiger partial charge in [0.25, 0.3) is 0 Å². The van der Waals surface area contributed by atoms with Gasteiger partial charge in [0.15, 0.2) is 0 Å². The van der Waals surface area contributed by atoms with Crippen LogP contribution in [0.15, 0.2) is 24.3 Å². The minimum atomic E-state index is -1.27. The molecule has 0 saturated carbocycles. The number of carbonyl (C=O) groups excluding carboxylic acids is 1. The number of anilines is 1. The quantitative estimate of drug-likeness (QED) is 0.729. The first-order valence-corrected chi connectivity index (χ1v) is 5.79. The van der Waals surface area contributed by atoms with E-state index in [1.807, 2.05) is 12.1 Å². The van der Waals surface area contributed by atoms with Gasteiger partial charge in [0.05, 0.1) is 0 Å². The van der Waals surface area contributed by atoms with Gasteiger partial charge in [-0.1, -0.05) is 38.3 Å². The van der Waals surface area contributed by atoms with Gasteiger partial charge in [-0.3, -0.25) is 5.32 Å². The third-order valence-electron chi connectivity index (χ3n) is 2.52. The SMILES string of the molecule is CCCCCCc1ccc(NC([O])=O)cc1. The summed E-state index contributed by atoms with van der Waals surface area (Å²) in [5.74, 6) is 0. The molecule has 0 aliphatic heterocycles. The minimum absolute atomic E-state index is 0.567. The first-order valence-electron chi connectivity index (χ1n) is 5.79. The topological polar surface area (TPSA) is 49.0 Å². The van der Waals surface area contributed by atoms with Gasteiger partial charge in [0.1, 0.15) is 0 Å². The molecule has 0 unspecified atom stereocenters. The first-order chi connectivity index (χ1) is 7.72. The first kappa shape index (κ1) is 12.6. The van der Waals surface area contributed by atoms with E-state index >= 15 is 0 Å². The number of hydrogen-bond donors (Lipinski definition) is 1. The summed E-state index contributed by atoms with van der Waals surface area (Å²) in [6, 6.07) is 7.45. The van der Waals surface area contributed by atoms with Crippen LogP contribution in [0.25, 0.3) is 0 Å². The molecule has 1 aromatic rings. The number of unbranched alkanes of at least 4 members (excludes halogenated alkanes) is 3. The minimum Gasteiger partial charge on any atom is -0.288 e. The van der Waals surface area contributed by atoms with Crippen LogP contribution in [0.4, 0.5) is 10.5 Å². The maximum atomic E-state index is 10.3. The molecule has 0 fully saturated rings. The molecule has 1 aromatic carbocycles. The lowest BCUT2D eigenvalue weighted by atomic mass is 10.1. The molecular weight excluding hydrogens is 202 g/mol. The smallest absolute Gasteiger partial charge is 0.288 e. The maximum Gasteiger partial charge on any atom is 0.454 e. The Morgan fingerprint density at radius 2 is 1.81 bits per heavy atom. The van der Waals surface area contributed by atoms with E-state index < -0.39 is 6.09 Å². The Morgan fingerprint density at radius 3 is 2.38 bits per heavy atom. The molecule has 0 heterocycles. The number of rotatable bonds is 6. The highest BCUT2D eigenvalue weighted by Crippen LogP contribution is 2.12. The zero-order valence-electron chi connectivity index (χ0n) is 9.66. The molecular formula is C13H18NO2. The Hall–Kier alpha value is -1.51. The van der Waals surface area contributed by atoms with Gasteiger partial charge in [-0.2, -0.15) is 0 Å². The number of amides is 1. The van der Waals surface area contributed by atoms with Crippen LogP contribution in [0.1, 0.15) is 38.2 Å². The molecule has 0 aliphatic rings. The fourth-order valence-electron chi connectivity index (χ4n) is 1.63. The third-order valence-corrected chi connectivity index (χ3v) is 2.52. The van der Waals surface area contributed by atoms with E-state index in [1.54, 1.807) is 12.1 Å². The van der Waals surface area contributed by atoms with Crippen molar-refractivity contribution in [1.29, 1.82) is 0 Å². The summed E-state index contributed by atoms with van der Waals surface area (Å²) in [5.41, 5.74) is 1.82. The molecule has 0 aliphatic carbocycles. The number of nitrogens with one attached hydrogen (secondary N) is 1. The zero-order valence-corrected chi connectivity index (χ0v) is 9.66. The molecule has 1 N–H and O–H groups in total. The van der Waals surface area contributed by atoms with Gasteiger partial charge in [0, 0.05) is 5.69 Å². The van der Waals surface area contributed by atoms with Crippen LogP contribution >= 0.6 is 0 Å². The van der Waals surface area contributed by atoms with E-state index in [1.165, 1.54) is 31.2 Å². The fraction of sp³-hybridized carbons (Fsp3) is 0.462. The average molecular weight is 220 g/mol. The van der Waals surface area contributed by atoms with E-state index in [0.29, 0.717) is 5.69 Å². The lowest BCUT2D eigenvalue weighted by molar-refractivity contribution is 0.185. The highest BCUT2D eigenvalue weighted by atomic mass is 16.4. The summed E-state index contributed by atoms with van der Waals surface area (Å²) in [6.45, 7) is 2.19. The van der Waals surface area contributed by atoms with E-state index in [2.05, 4.69) is 12.2 Å². The standard InChI is InChI=1S/C13H18NO2/c1-2-3-4-5-6-11-7-9-12(10-8-11)14-13(15)16/h7-10,14H,2-6H2,1H3. The van der Waals surface area contributed by atoms with Crippen LogP contribution < -0.4 is 5.32 Å².